The fraction of sp³-hybridized carbons (Fsp3) is 0.231. The first-order chi connectivity index (χ1) is 16.1. The van der Waals surface area contributed by atoms with Gasteiger partial charge < -0.3 is 20.4 Å². The molecule has 0 saturated heterocycles. The highest BCUT2D eigenvalue weighted by molar-refractivity contribution is 6.15. The van der Waals surface area contributed by atoms with Crippen LogP contribution in [0.15, 0.2) is 54.7 Å². The molecule has 0 aliphatic carbocycles. The Hall–Kier alpha value is -4.20. The molecule has 176 valence electrons. The maximum absolute atomic E-state index is 13.2. The first-order valence-electron chi connectivity index (χ1n) is 10.8. The van der Waals surface area contributed by atoms with E-state index in [2.05, 4.69) is 15.6 Å². The Labute approximate surface area is 200 Å². The lowest BCUT2D eigenvalue weighted by atomic mass is 10.0. The van der Waals surface area contributed by atoms with Crippen molar-refractivity contribution in [2.24, 2.45) is 0 Å². The van der Waals surface area contributed by atoms with Gasteiger partial charge in [-0.3, -0.25) is 15.0 Å². The molecule has 8 heteroatoms. The summed E-state index contributed by atoms with van der Waals surface area (Å²) < 4.78 is 0. The van der Waals surface area contributed by atoms with Crippen LogP contribution in [0.4, 0.5) is 17.2 Å². The quantitative estimate of drug-likeness (QED) is 0.380. The fourth-order valence-corrected chi connectivity index (χ4v) is 3.38. The molecule has 0 fully saturated rings. The van der Waals surface area contributed by atoms with E-state index in [0.29, 0.717) is 39.7 Å². The van der Waals surface area contributed by atoms with Gasteiger partial charge in [0.1, 0.15) is 11.7 Å². The second kappa shape index (κ2) is 10.2. The molecule has 2 aromatic carbocycles. The highest BCUT2D eigenvalue weighted by atomic mass is 16.2. The summed E-state index contributed by atoms with van der Waals surface area (Å²) in [7, 11) is 7.30. The van der Waals surface area contributed by atoms with Gasteiger partial charge in [-0.2, -0.15) is 0 Å². The zero-order chi connectivity index (χ0) is 25.0. The van der Waals surface area contributed by atoms with Gasteiger partial charge >= 0.3 is 0 Å². The molecule has 0 unspecified atom stereocenters. The summed E-state index contributed by atoms with van der Waals surface area (Å²) in [6, 6.07) is 14.1. The monoisotopic (exact) mass is 458 g/mol. The van der Waals surface area contributed by atoms with Crippen LogP contribution in [0.25, 0.3) is 0 Å². The van der Waals surface area contributed by atoms with Crippen LogP contribution in [0, 0.1) is 19.3 Å². The van der Waals surface area contributed by atoms with Crippen LogP contribution in [0.1, 0.15) is 37.4 Å². The molecule has 3 rings (SSSR count). The van der Waals surface area contributed by atoms with Gasteiger partial charge in [-0.25, -0.2) is 4.98 Å². The third-order valence-electron chi connectivity index (χ3n) is 5.25. The van der Waals surface area contributed by atoms with Crippen LogP contribution >= 0.6 is 0 Å². The van der Waals surface area contributed by atoms with Crippen molar-refractivity contribution in [1.82, 2.24) is 9.88 Å². The first kappa shape index (κ1) is 24.4. The predicted molar refractivity (Wildman–Crippen MR) is 137 cm³/mol. The number of pyridine rings is 1. The summed E-state index contributed by atoms with van der Waals surface area (Å²) in [6.07, 6.45) is 1.68. The molecule has 3 aromatic rings. The van der Waals surface area contributed by atoms with Crippen molar-refractivity contribution in [2.75, 3.05) is 43.7 Å². The van der Waals surface area contributed by atoms with Crippen LogP contribution < -0.4 is 15.5 Å². The van der Waals surface area contributed by atoms with Crippen molar-refractivity contribution in [1.29, 1.82) is 5.41 Å². The summed E-state index contributed by atoms with van der Waals surface area (Å²) in [5.74, 6) is 0.0643. The van der Waals surface area contributed by atoms with E-state index in [-0.39, 0.29) is 11.8 Å². The van der Waals surface area contributed by atoms with Crippen molar-refractivity contribution in [3.05, 3.63) is 82.5 Å². The molecule has 0 radical (unpaired) electrons. The Balaban J connectivity index is 1.94. The third kappa shape index (κ3) is 5.58. The number of aromatic nitrogens is 1. The number of benzene rings is 2. The van der Waals surface area contributed by atoms with Gasteiger partial charge in [-0.1, -0.05) is 18.2 Å². The van der Waals surface area contributed by atoms with Crippen LogP contribution in [-0.2, 0) is 0 Å². The number of carbonyl (C=O) groups is 2. The Bertz CT molecular complexity index is 1220. The number of nitrogens with zero attached hydrogens (tertiary/aromatic N) is 3. The maximum atomic E-state index is 13.2. The lowest BCUT2D eigenvalue weighted by Gasteiger charge is -2.22. The van der Waals surface area contributed by atoms with Crippen LogP contribution in [-0.4, -0.2) is 55.7 Å². The normalized spacial score (nSPS) is 10.4. The smallest absolute Gasteiger partial charge is 0.259 e. The fourth-order valence-electron chi connectivity index (χ4n) is 3.38. The minimum Gasteiger partial charge on any atom is -0.376 e. The molecular weight excluding hydrogens is 428 g/mol. The molecule has 0 aliphatic rings. The lowest BCUT2D eigenvalue weighted by molar-refractivity contribution is 0.102. The van der Waals surface area contributed by atoms with Gasteiger partial charge in [-0.05, 0) is 55.3 Å². The van der Waals surface area contributed by atoms with Crippen molar-refractivity contribution >= 4 is 34.8 Å². The molecule has 1 heterocycles. The molecule has 2 amide bonds. The number of anilines is 3. The lowest BCUT2D eigenvalue weighted by Crippen LogP contribution is -2.23. The summed E-state index contributed by atoms with van der Waals surface area (Å²) in [6.45, 7) is 3.82. The van der Waals surface area contributed by atoms with Crippen LogP contribution in [0.3, 0.4) is 0 Å². The predicted octanol–water partition coefficient (Wildman–Crippen LogP) is 4.16. The van der Waals surface area contributed by atoms with Gasteiger partial charge in [-0.15, -0.1) is 0 Å². The minimum atomic E-state index is -0.367. The Morgan fingerprint density at radius 2 is 1.47 bits per heavy atom. The second-order valence-corrected chi connectivity index (χ2v) is 8.55. The highest BCUT2D eigenvalue weighted by Gasteiger charge is 2.21. The van der Waals surface area contributed by atoms with E-state index in [0.717, 1.165) is 11.1 Å². The number of hydrogen-bond acceptors (Lipinski definition) is 5. The Morgan fingerprint density at radius 1 is 0.824 bits per heavy atom. The zero-order valence-electron chi connectivity index (χ0n) is 20.4. The average Bonchev–Trinajstić information content (AvgIpc) is 2.80. The number of carbonyl (C=O) groups excluding carboxylic acids is 2. The van der Waals surface area contributed by atoms with E-state index in [1.807, 2.05) is 45.0 Å². The molecule has 1 aromatic heterocycles. The SMILES string of the molecule is Cc1ccc(NC(=O)c2cc(C)cc(N(C)C)c2NC(=O)c2ccc(C(=N)N(C)C)cc2)nc1. The largest absolute Gasteiger partial charge is 0.376 e. The summed E-state index contributed by atoms with van der Waals surface area (Å²) in [4.78, 5) is 34.1. The molecule has 0 aliphatic heterocycles. The molecule has 0 bridgehead atoms. The van der Waals surface area contributed by atoms with E-state index < -0.39 is 0 Å². The standard InChI is InChI=1S/C26H30N6O2/c1-16-7-12-22(28-15-16)29-26(34)20-13-17(2)14-21(31(3)4)23(20)30-25(33)19-10-8-18(9-11-19)24(27)32(5)6/h7-15,27H,1-6H3,(H,30,33)(H,28,29,34). The average molecular weight is 459 g/mol. The van der Waals surface area contributed by atoms with Gasteiger partial charge in [0.15, 0.2) is 0 Å². The van der Waals surface area contributed by atoms with Gasteiger partial charge in [0.25, 0.3) is 11.8 Å². The van der Waals surface area contributed by atoms with Crippen molar-refractivity contribution in [2.45, 2.75) is 13.8 Å². The Morgan fingerprint density at radius 3 is 2.03 bits per heavy atom. The number of hydrogen-bond donors (Lipinski definition) is 3. The van der Waals surface area contributed by atoms with Crippen LogP contribution in [0.2, 0.25) is 0 Å². The number of rotatable bonds is 6. The van der Waals surface area contributed by atoms with E-state index in [1.165, 1.54) is 0 Å². The zero-order valence-corrected chi connectivity index (χ0v) is 20.4. The van der Waals surface area contributed by atoms with Crippen molar-refractivity contribution in [3.63, 3.8) is 0 Å². The van der Waals surface area contributed by atoms with E-state index in [1.54, 1.807) is 61.6 Å². The molecule has 0 atom stereocenters. The molecule has 34 heavy (non-hydrogen) atoms. The van der Waals surface area contributed by atoms with Crippen molar-refractivity contribution in [3.8, 4) is 0 Å². The topological polar surface area (TPSA) is 101 Å². The number of nitrogens with one attached hydrogen (secondary N) is 3. The van der Waals surface area contributed by atoms with E-state index >= 15 is 0 Å². The van der Waals surface area contributed by atoms with Gasteiger partial charge in [0.2, 0.25) is 0 Å². The highest BCUT2D eigenvalue weighted by Crippen LogP contribution is 2.31. The first-order valence-corrected chi connectivity index (χ1v) is 10.8. The summed E-state index contributed by atoms with van der Waals surface area (Å²) in [5.41, 5.74) is 4.46. The van der Waals surface area contributed by atoms with Gasteiger partial charge in [0, 0.05) is 45.5 Å². The molecule has 8 nitrogen and oxygen atoms in total. The summed E-state index contributed by atoms with van der Waals surface area (Å²) >= 11 is 0. The number of amidine groups is 1. The third-order valence-corrected chi connectivity index (χ3v) is 5.25. The maximum Gasteiger partial charge on any atom is 0.259 e. The van der Waals surface area contributed by atoms with E-state index in [9.17, 15) is 9.59 Å². The molecule has 0 spiro atoms. The van der Waals surface area contributed by atoms with E-state index in [4.69, 9.17) is 5.41 Å². The minimum absolute atomic E-state index is 0.338. The number of amides is 2. The van der Waals surface area contributed by atoms with Crippen molar-refractivity contribution < 1.29 is 9.59 Å². The Kier molecular flexibility index (Phi) is 7.31. The van der Waals surface area contributed by atoms with Gasteiger partial charge in [0.05, 0.1) is 16.9 Å². The summed E-state index contributed by atoms with van der Waals surface area (Å²) in [5, 5.41) is 13.8. The molecular formula is C26H30N6O2. The van der Waals surface area contributed by atoms with Crippen LogP contribution in [0.5, 0.6) is 0 Å². The molecule has 0 saturated carbocycles. The number of aryl methyl sites for hydroxylation is 2. The molecule has 3 N–H and O–H groups in total. The second-order valence-electron chi connectivity index (χ2n) is 8.55.